The van der Waals surface area contributed by atoms with E-state index in [1.807, 2.05) is 36.4 Å². The van der Waals surface area contributed by atoms with E-state index in [4.69, 9.17) is 15.2 Å². The van der Waals surface area contributed by atoms with Gasteiger partial charge in [-0.3, -0.25) is 0 Å². The van der Waals surface area contributed by atoms with E-state index < -0.39 is 0 Å². The van der Waals surface area contributed by atoms with E-state index in [-0.39, 0.29) is 6.61 Å². The molecule has 1 heterocycles. The van der Waals surface area contributed by atoms with Crippen LogP contribution in [0.2, 0.25) is 0 Å². The fourth-order valence-corrected chi connectivity index (χ4v) is 1.97. The molecule has 0 atom stereocenters. The number of rotatable bonds is 5. The average Bonchev–Trinajstić information content (AvgIpc) is 3.01. The summed E-state index contributed by atoms with van der Waals surface area (Å²) in [4.78, 5) is 0. The predicted molar refractivity (Wildman–Crippen MR) is 80.9 cm³/mol. The minimum absolute atomic E-state index is 0.239. The summed E-state index contributed by atoms with van der Waals surface area (Å²) >= 11 is 0. The second-order valence-corrected chi connectivity index (χ2v) is 4.57. The molecule has 3 aromatic rings. The fourth-order valence-electron chi connectivity index (χ4n) is 1.97. The van der Waals surface area contributed by atoms with Gasteiger partial charge in [0.1, 0.15) is 18.1 Å². The molecule has 0 saturated carbocycles. The largest absolute Gasteiger partial charge is 0.497 e. The summed E-state index contributed by atoms with van der Waals surface area (Å²) in [6.45, 7) is 0.239. The zero-order valence-electron chi connectivity index (χ0n) is 12.0. The van der Waals surface area contributed by atoms with Crippen LogP contribution in [0.15, 0.2) is 48.5 Å². The van der Waals surface area contributed by atoms with Gasteiger partial charge in [-0.25, -0.2) is 0 Å². The number of aromatic nitrogens is 4. The van der Waals surface area contributed by atoms with Gasteiger partial charge in [0.05, 0.1) is 12.8 Å². The Labute approximate surface area is 127 Å². The van der Waals surface area contributed by atoms with Crippen molar-refractivity contribution in [2.45, 2.75) is 6.61 Å². The van der Waals surface area contributed by atoms with Crippen LogP contribution >= 0.6 is 0 Å². The lowest BCUT2D eigenvalue weighted by Crippen LogP contribution is -2.07. The standard InChI is InChI=1S/C15H15N5O2/c1-21-13-7-5-12(6-8-13)20-15(17-18-19-20)10-22-14-4-2-3-11(16)9-14/h2-9H,10,16H2,1H3. The molecule has 0 radical (unpaired) electrons. The molecule has 0 unspecified atom stereocenters. The van der Waals surface area contributed by atoms with Crippen LogP contribution in [-0.2, 0) is 6.61 Å². The number of ether oxygens (including phenoxy) is 2. The third-order valence-electron chi connectivity index (χ3n) is 3.08. The van der Waals surface area contributed by atoms with Crippen LogP contribution in [0.1, 0.15) is 5.82 Å². The number of nitrogens with two attached hydrogens (primary N) is 1. The van der Waals surface area contributed by atoms with Crippen molar-refractivity contribution >= 4 is 5.69 Å². The SMILES string of the molecule is COc1ccc(-n2nnnc2COc2cccc(N)c2)cc1. The molecule has 7 nitrogen and oxygen atoms in total. The lowest BCUT2D eigenvalue weighted by molar-refractivity contribution is 0.292. The quantitative estimate of drug-likeness (QED) is 0.723. The third-order valence-corrected chi connectivity index (χ3v) is 3.08. The molecule has 2 aromatic carbocycles. The molecule has 0 aliphatic carbocycles. The highest BCUT2D eigenvalue weighted by Gasteiger charge is 2.09. The van der Waals surface area contributed by atoms with Crippen molar-refractivity contribution in [3.8, 4) is 17.2 Å². The van der Waals surface area contributed by atoms with E-state index in [9.17, 15) is 0 Å². The summed E-state index contributed by atoms with van der Waals surface area (Å²) in [5.74, 6) is 2.03. The van der Waals surface area contributed by atoms with Gasteiger partial charge in [0, 0.05) is 11.8 Å². The van der Waals surface area contributed by atoms with Crippen molar-refractivity contribution in [3.63, 3.8) is 0 Å². The molecule has 7 heteroatoms. The number of nitrogens with zero attached hydrogens (tertiary/aromatic N) is 4. The van der Waals surface area contributed by atoms with Crippen LogP contribution in [0.5, 0.6) is 11.5 Å². The van der Waals surface area contributed by atoms with Crippen molar-refractivity contribution in [1.82, 2.24) is 20.2 Å². The Kier molecular flexibility index (Phi) is 3.86. The van der Waals surface area contributed by atoms with Crippen molar-refractivity contribution < 1.29 is 9.47 Å². The van der Waals surface area contributed by atoms with Crippen molar-refractivity contribution in [2.75, 3.05) is 12.8 Å². The van der Waals surface area contributed by atoms with Gasteiger partial charge in [0.25, 0.3) is 0 Å². The molecule has 112 valence electrons. The number of tetrazole rings is 1. The van der Waals surface area contributed by atoms with E-state index in [0.29, 0.717) is 17.3 Å². The summed E-state index contributed by atoms with van der Waals surface area (Å²) in [7, 11) is 1.62. The lowest BCUT2D eigenvalue weighted by Gasteiger charge is -2.08. The van der Waals surface area contributed by atoms with Crippen LogP contribution in [0, 0.1) is 0 Å². The average molecular weight is 297 g/mol. The highest BCUT2D eigenvalue weighted by atomic mass is 16.5. The monoisotopic (exact) mass is 297 g/mol. The van der Waals surface area contributed by atoms with E-state index >= 15 is 0 Å². The third kappa shape index (κ3) is 2.98. The first-order chi connectivity index (χ1) is 10.8. The summed E-state index contributed by atoms with van der Waals surface area (Å²) in [6, 6.07) is 14.7. The van der Waals surface area contributed by atoms with Crippen LogP contribution in [0.25, 0.3) is 5.69 Å². The van der Waals surface area contributed by atoms with Crippen molar-refractivity contribution in [3.05, 3.63) is 54.4 Å². The highest BCUT2D eigenvalue weighted by Crippen LogP contribution is 2.17. The first kappa shape index (κ1) is 13.9. The zero-order chi connectivity index (χ0) is 15.4. The number of hydrogen-bond acceptors (Lipinski definition) is 6. The van der Waals surface area contributed by atoms with Gasteiger partial charge in [-0.15, -0.1) is 5.10 Å². The summed E-state index contributed by atoms with van der Waals surface area (Å²) in [5.41, 5.74) is 7.19. The maximum Gasteiger partial charge on any atom is 0.194 e. The molecule has 0 aliphatic rings. The van der Waals surface area contributed by atoms with Crippen molar-refractivity contribution in [1.29, 1.82) is 0 Å². The molecule has 22 heavy (non-hydrogen) atoms. The van der Waals surface area contributed by atoms with Crippen LogP contribution in [0.3, 0.4) is 0 Å². The Bertz CT molecular complexity index is 755. The minimum Gasteiger partial charge on any atom is -0.497 e. The van der Waals surface area contributed by atoms with Gasteiger partial charge in [-0.05, 0) is 46.8 Å². The van der Waals surface area contributed by atoms with Crippen LogP contribution < -0.4 is 15.2 Å². The molecule has 0 amide bonds. The van der Waals surface area contributed by atoms with Gasteiger partial charge < -0.3 is 15.2 Å². The highest BCUT2D eigenvalue weighted by molar-refractivity contribution is 5.43. The van der Waals surface area contributed by atoms with Gasteiger partial charge in [0.2, 0.25) is 0 Å². The van der Waals surface area contributed by atoms with Crippen molar-refractivity contribution in [2.24, 2.45) is 0 Å². The molecule has 0 bridgehead atoms. The molecule has 0 spiro atoms. The van der Waals surface area contributed by atoms with Crippen LogP contribution in [-0.4, -0.2) is 27.3 Å². The summed E-state index contributed by atoms with van der Waals surface area (Å²) < 4.78 is 12.4. The number of nitrogen functional groups attached to an aromatic ring is 1. The molecular formula is C15H15N5O2. The molecule has 2 N–H and O–H groups in total. The second kappa shape index (κ2) is 6.13. The van der Waals surface area contributed by atoms with Gasteiger partial charge in [-0.2, -0.15) is 4.68 Å². The number of benzene rings is 2. The predicted octanol–water partition coefficient (Wildman–Crippen LogP) is 1.83. The Morgan fingerprint density at radius 2 is 1.91 bits per heavy atom. The van der Waals surface area contributed by atoms with Gasteiger partial charge in [-0.1, -0.05) is 6.07 Å². The molecule has 0 fully saturated rings. The maximum atomic E-state index is 5.72. The molecular weight excluding hydrogens is 282 g/mol. The second-order valence-electron chi connectivity index (χ2n) is 4.57. The smallest absolute Gasteiger partial charge is 0.194 e. The Morgan fingerprint density at radius 3 is 2.64 bits per heavy atom. The van der Waals surface area contributed by atoms with E-state index in [1.165, 1.54) is 0 Å². The summed E-state index contributed by atoms with van der Waals surface area (Å²) in [5, 5.41) is 11.7. The Balaban J connectivity index is 1.76. The number of methoxy groups -OCH3 is 1. The van der Waals surface area contributed by atoms with E-state index in [0.717, 1.165) is 11.4 Å². The zero-order valence-corrected chi connectivity index (χ0v) is 12.0. The van der Waals surface area contributed by atoms with Gasteiger partial charge >= 0.3 is 0 Å². The summed E-state index contributed by atoms with van der Waals surface area (Å²) in [6.07, 6.45) is 0. The first-order valence-corrected chi connectivity index (χ1v) is 6.66. The first-order valence-electron chi connectivity index (χ1n) is 6.66. The Morgan fingerprint density at radius 1 is 1.09 bits per heavy atom. The van der Waals surface area contributed by atoms with Crippen LogP contribution in [0.4, 0.5) is 5.69 Å². The maximum absolute atomic E-state index is 5.72. The molecule has 0 aliphatic heterocycles. The molecule has 3 rings (SSSR count). The normalized spacial score (nSPS) is 10.4. The topological polar surface area (TPSA) is 88.1 Å². The van der Waals surface area contributed by atoms with Gasteiger partial charge in [0.15, 0.2) is 5.82 Å². The van der Waals surface area contributed by atoms with E-state index in [1.54, 1.807) is 23.9 Å². The molecule has 0 saturated heterocycles. The molecule has 1 aromatic heterocycles. The minimum atomic E-state index is 0.239. The Hall–Kier alpha value is -3.09. The lowest BCUT2D eigenvalue weighted by atomic mass is 10.3. The van der Waals surface area contributed by atoms with E-state index in [2.05, 4.69) is 15.5 Å². The number of anilines is 1. The fraction of sp³-hybridized carbons (Fsp3) is 0.133. The number of hydrogen-bond donors (Lipinski definition) is 1.